The van der Waals surface area contributed by atoms with E-state index in [0.717, 1.165) is 11.8 Å². The number of non-ortho nitro benzene ring substituents is 1. The molecule has 0 aromatic heterocycles. The molecule has 2 aromatic carbocycles. The van der Waals surface area contributed by atoms with Crippen LogP contribution in [0.4, 0.5) is 15.8 Å². The highest BCUT2D eigenvalue weighted by molar-refractivity contribution is 8.18. The Labute approximate surface area is 150 Å². The average Bonchev–Trinajstić information content (AvgIpc) is 2.90. The number of amidine groups is 1. The fraction of sp³-hybridized carbons (Fsp3) is 0. The Kier molecular flexibility index (Phi) is 4.82. The zero-order valence-electron chi connectivity index (χ0n) is 12.4. The van der Waals surface area contributed by atoms with Crippen LogP contribution in [0.2, 0.25) is 5.02 Å². The summed E-state index contributed by atoms with van der Waals surface area (Å²) in [5, 5.41) is 13.6. The molecule has 1 aliphatic rings. The first-order valence-electron chi connectivity index (χ1n) is 6.91. The molecule has 0 saturated carbocycles. The number of thioether (sulfide) groups is 1. The fourth-order valence-corrected chi connectivity index (χ4v) is 3.05. The molecule has 1 amide bonds. The average molecular weight is 378 g/mol. The summed E-state index contributed by atoms with van der Waals surface area (Å²) in [5.74, 6) is -0.927. The van der Waals surface area contributed by atoms with Gasteiger partial charge in [-0.1, -0.05) is 23.7 Å². The number of amides is 1. The number of carbonyl (C=O) groups excluding carboxylic acids is 1. The molecule has 1 fully saturated rings. The van der Waals surface area contributed by atoms with Gasteiger partial charge in [0.1, 0.15) is 5.82 Å². The maximum Gasteiger partial charge on any atom is 0.270 e. The minimum atomic E-state index is -0.556. The van der Waals surface area contributed by atoms with E-state index in [-0.39, 0.29) is 16.6 Å². The molecule has 3 rings (SSSR count). The number of nitro benzene ring substituents is 1. The van der Waals surface area contributed by atoms with Crippen molar-refractivity contribution in [2.45, 2.75) is 0 Å². The molecule has 6 nitrogen and oxygen atoms in total. The Morgan fingerprint density at radius 1 is 1.28 bits per heavy atom. The predicted octanol–water partition coefficient (Wildman–Crippen LogP) is 4.28. The second kappa shape index (κ2) is 7.04. The summed E-state index contributed by atoms with van der Waals surface area (Å²) >= 11 is 6.78. The highest BCUT2D eigenvalue weighted by Crippen LogP contribution is 2.29. The van der Waals surface area contributed by atoms with Gasteiger partial charge in [-0.25, -0.2) is 9.38 Å². The van der Waals surface area contributed by atoms with Gasteiger partial charge in [0, 0.05) is 12.1 Å². The Hall–Kier alpha value is -2.71. The molecule has 126 valence electrons. The SMILES string of the molecule is O=C1NC(=Nc2ccc(F)c(Cl)c2)S/C1=C/c1cccc([N+](=O)[O-])c1. The van der Waals surface area contributed by atoms with Crippen molar-refractivity contribution in [2.24, 2.45) is 4.99 Å². The molecule has 0 aliphatic carbocycles. The second-order valence-corrected chi connectivity index (χ2v) is 6.37. The summed E-state index contributed by atoms with van der Waals surface area (Å²) in [5.41, 5.74) is 0.858. The van der Waals surface area contributed by atoms with Crippen molar-refractivity contribution < 1.29 is 14.1 Å². The van der Waals surface area contributed by atoms with Crippen LogP contribution in [0.15, 0.2) is 52.4 Å². The number of nitro groups is 1. The van der Waals surface area contributed by atoms with E-state index in [9.17, 15) is 19.3 Å². The van der Waals surface area contributed by atoms with Crippen molar-refractivity contribution in [2.75, 3.05) is 0 Å². The molecule has 0 spiro atoms. The van der Waals surface area contributed by atoms with Crippen LogP contribution in [0.25, 0.3) is 6.08 Å². The van der Waals surface area contributed by atoms with Crippen LogP contribution < -0.4 is 5.32 Å². The number of nitrogens with one attached hydrogen (secondary N) is 1. The van der Waals surface area contributed by atoms with Crippen molar-refractivity contribution >= 4 is 51.9 Å². The van der Waals surface area contributed by atoms with Gasteiger partial charge in [0.25, 0.3) is 11.6 Å². The van der Waals surface area contributed by atoms with Gasteiger partial charge in [-0.3, -0.25) is 14.9 Å². The number of halogens is 2. The van der Waals surface area contributed by atoms with Crippen LogP contribution in [0.3, 0.4) is 0 Å². The molecule has 0 atom stereocenters. The molecular weight excluding hydrogens is 369 g/mol. The zero-order valence-corrected chi connectivity index (χ0v) is 14.0. The van der Waals surface area contributed by atoms with E-state index in [1.807, 2.05) is 0 Å². The Balaban J connectivity index is 1.84. The smallest absolute Gasteiger partial charge is 0.270 e. The van der Waals surface area contributed by atoms with Gasteiger partial charge in [-0.15, -0.1) is 0 Å². The van der Waals surface area contributed by atoms with E-state index in [4.69, 9.17) is 11.6 Å². The zero-order chi connectivity index (χ0) is 18.0. The number of benzene rings is 2. The summed E-state index contributed by atoms with van der Waals surface area (Å²) in [7, 11) is 0. The fourth-order valence-electron chi connectivity index (χ4n) is 2.03. The van der Waals surface area contributed by atoms with Crippen LogP contribution >= 0.6 is 23.4 Å². The van der Waals surface area contributed by atoms with Crippen molar-refractivity contribution in [1.29, 1.82) is 0 Å². The molecule has 0 radical (unpaired) electrons. The lowest BCUT2D eigenvalue weighted by Crippen LogP contribution is -2.19. The van der Waals surface area contributed by atoms with Crippen LogP contribution in [-0.2, 0) is 4.79 Å². The number of nitrogens with zero attached hydrogens (tertiary/aromatic N) is 2. The van der Waals surface area contributed by atoms with E-state index in [1.54, 1.807) is 6.07 Å². The van der Waals surface area contributed by atoms with Crippen LogP contribution in [0.5, 0.6) is 0 Å². The Bertz CT molecular complexity index is 946. The lowest BCUT2D eigenvalue weighted by molar-refractivity contribution is -0.384. The predicted molar refractivity (Wildman–Crippen MR) is 95.3 cm³/mol. The molecule has 9 heteroatoms. The largest absolute Gasteiger partial charge is 0.300 e. The normalized spacial score (nSPS) is 17.1. The minimum Gasteiger partial charge on any atom is -0.300 e. The first-order valence-corrected chi connectivity index (χ1v) is 8.11. The minimum absolute atomic E-state index is 0.0624. The van der Waals surface area contributed by atoms with Gasteiger partial charge in [-0.05, 0) is 41.6 Å². The van der Waals surface area contributed by atoms with E-state index in [2.05, 4.69) is 10.3 Å². The molecule has 1 saturated heterocycles. The Morgan fingerprint density at radius 2 is 2.08 bits per heavy atom. The molecule has 1 aliphatic heterocycles. The molecule has 2 aromatic rings. The van der Waals surface area contributed by atoms with E-state index >= 15 is 0 Å². The number of rotatable bonds is 3. The highest BCUT2D eigenvalue weighted by atomic mass is 35.5. The third-order valence-electron chi connectivity index (χ3n) is 3.16. The Morgan fingerprint density at radius 3 is 2.80 bits per heavy atom. The standard InChI is InChI=1S/C16H9ClFN3O3S/c17-12-8-10(4-5-13(12)18)19-16-20-15(22)14(25-16)7-9-2-1-3-11(6-9)21(23)24/h1-8H,(H,19,20,22)/b14-7+. The molecule has 25 heavy (non-hydrogen) atoms. The van der Waals surface area contributed by atoms with E-state index < -0.39 is 10.7 Å². The molecular formula is C16H9ClFN3O3S. The quantitative estimate of drug-likeness (QED) is 0.491. The molecule has 1 N–H and O–H groups in total. The maximum atomic E-state index is 13.2. The summed E-state index contributed by atoms with van der Waals surface area (Å²) in [6, 6.07) is 9.90. The van der Waals surface area contributed by atoms with Gasteiger partial charge in [-0.2, -0.15) is 0 Å². The van der Waals surface area contributed by atoms with Crippen molar-refractivity contribution in [3.63, 3.8) is 0 Å². The van der Waals surface area contributed by atoms with Gasteiger partial charge in [0.2, 0.25) is 0 Å². The molecule has 0 bridgehead atoms. The number of hydrogen-bond donors (Lipinski definition) is 1. The first-order chi connectivity index (χ1) is 11.9. The van der Waals surface area contributed by atoms with Crippen molar-refractivity contribution in [3.05, 3.63) is 73.9 Å². The highest BCUT2D eigenvalue weighted by Gasteiger charge is 2.24. The lowest BCUT2D eigenvalue weighted by atomic mass is 10.2. The summed E-state index contributed by atoms with van der Waals surface area (Å²) < 4.78 is 13.2. The van der Waals surface area contributed by atoms with Gasteiger partial charge in [0.05, 0.1) is 20.5 Å². The monoisotopic (exact) mass is 377 g/mol. The van der Waals surface area contributed by atoms with Gasteiger partial charge < -0.3 is 5.32 Å². The first kappa shape index (κ1) is 17.1. The third-order valence-corrected chi connectivity index (χ3v) is 4.36. The molecule has 0 unspecified atom stereocenters. The lowest BCUT2D eigenvalue weighted by Gasteiger charge is -1.98. The van der Waals surface area contributed by atoms with Gasteiger partial charge >= 0.3 is 0 Å². The summed E-state index contributed by atoms with van der Waals surface area (Å²) in [4.78, 5) is 26.9. The van der Waals surface area contributed by atoms with Crippen LogP contribution in [0, 0.1) is 15.9 Å². The summed E-state index contributed by atoms with van der Waals surface area (Å²) in [6.07, 6.45) is 1.53. The van der Waals surface area contributed by atoms with E-state index in [1.165, 1.54) is 42.5 Å². The van der Waals surface area contributed by atoms with E-state index in [0.29, 0.717) is 21.3 Å². The second-order valence-electron chi connectivity index (χ2n) is 4.93. The topological polar surface area (TPSA) is 84.6 Å². The number of carbonyl (C=O) groups is 1. The molecule has 1 heterocycles. The summed E-state index contributed by atoms with van der Waals surface area (Å²) in [6.45, 7) is 0. The number of hydrogen-bond acceptors (Lipinski definition) is 5. The van der Waals surface area contributed by atoms with Crippen LogP contribution in [-0.4, -0.2) is 16.0 Å². The maximum absolute atomic E-state index is 13.2. The van der Waals surface area contributed by atoms with Gasteiger partial charge in [0.15, 0.2) is 5.17 Å². The number of aliphatic imine (C=N–C) groups is 1. The van der Waals surface area contributed by atoms with Crippen molar-refractivity contribution in [1.82, 2.24) is 5.32 Å². The van der Waals surface area contributed by atoms with Crippen molar-refractivity contribution in [3.8, 4) is 0 Å². The van der Waals surface area contributed by atoms with Crippen LogP contribution in [0.1, 0.15) is 5.56 Å². The third kappa shape index (κ3) is 4.04.